The van der Waals surface area contributed by atoms with Crippen molar-refractivity contribution in [1.29, 1.82) is 0 Å². The van der Waals surface area contributed by atoms with Crippen LogP contribution in [0.4, 0.5) is 5.82 Å². The highest BCUT2D eigenvalue weighted by molar-refractivity contribution is 5.38. The highest BCUT2D eigenvalue weighted by atomic mass is 16.6. The molecule has 1 fully saturated rings. The molecule has 2 rings (SSSR count). The largest absolute Gasteiger partial charge is 0.480 e. The fourth-order valence-corrected chi connectivity index (χ4v) is 1.14. The van der Waals surface area contributed by atoms with Gasteiger partial charge in [-0.3, -0.25) is 0 Å². The molecule has 1 N–H and O–H groups in total. The maximum Gasteiger partial charge on any atom is 0.406 e. The van der Waals surface area contributed by atoms with Gasteiger partial charge in [-0.2, -0.15) is 0 Å². The fraction of sp³-hybridized carbons (Fsp3) is 0.375. The van der Waals surface area contributed by atoms with Crippen molar-refractivity contribution in [2.75, 3.05) is 13.1 Å². The summed E-state index contributed by atoms with van der Waals surface area (Å²) in [6, 6.07) is 3.18. The summed E-state index contributed by atoms with van der Waals surface area (Å²) in [7, 11) is 0. The molecule has 0 unspecified atom stereocenters. The molecule has 0 aliphatic carbocycles. The second-order valence-corrected chi connectivity index (χ2v) is 2.98. The lowest BCUT2D eigenvalue weighted by molar-refractivity contribution is -0.390. The first-order valence-electron chi connectivity index (χ1n) is 4.24. The molecule has 0 radical (unpaired) electrons. The Labute approximate surface area is 80.1 Å². The van der Waals surface area contributed by atoms with Crippen LogP contribution in [0.15, 0.2) is 18.3 Å². The third-order valence-electron chi connectivity index (χ3n) is 1.96. The fourth-order valence-electron chi connectivity index (χ4n) is 1.14. The van der Waals surface area contributed by atoms with E-state index in [4.69, 9.17) is 4.74 Å². The molecular formula is C8H9N3O3. The van der Waals surface area contributed by atoms with Gasteiger partial charge in [0.25, 0.3) is 0 Å². The first-order valence-corrected chi connectivity index (χ1v) is 4.24. The molecule has 0 spiro atoms. The Kier molecular flexibility index (Phi) is 2.28. The third kappa shape index (κ3) is 1.64. The minimum Gasteiger partial charge on any atom is -0.480 e. The van der Waals surface area contributed by atoms with Crippen LogP contribution in [0.5, 0.6) is 5.75 Å². The van der Waals surface area contributed by atoms with Crippen molar-refractivity contribution in [3.63, 3.8) is 0 Å². The highest BCUT2D eigenvalue weighted by Gasteiger charge is 2.23. The van der Waals surface area contributed by atoms with Gasteiger partial charge in [-0.05, 0) is 22.0 Å². The van der Waals surface area contributed by atoms with Crippen LogP contribution in [0.2, 0.25) is 0 Å². The number of nitrogens with zero attached hydrogens (tertiary/aromatic N) is 2. The summed E-state index contributed by atoms with van der Waals surface area (Å²) in [5, 5.41) is 13.6. The van der Waals surface area contributed by atoms with Gasteiger partial charge in [0.15, 0.2) is 0 Å². The van der Waals surface area contributed by atoms with E-state index in [0.717, 1.165) is 13.1 Å². The van der Waals surface area contributed by atoms with Crippen molar-refractivity contribution in [2.45, 2.75) is 6.10 Å². The molecule has 2 heterocycles. The number of aromatic nitrogens is 1. The zero-order valence-electron chi connectivity index (χ0n) is 7.34. The van der Waals surface area contributed by atoms with Crippen LogP contribution in [0.1, 0.15) is 0 Å². The number of nitro groups is 1. The quantitative estimate of drug-likeness (QED) is 0.555. The molecule has 1 aliphatic rings. The lowest BCUT2D eigenvalue weighted by atomic mass is 10.2. The summed E-state index contributed by atoms with van der Waals surface area (Å²) >= 11 is 0. The van der Waals surface area contributed by atoms with Crippen molar-refractivity contribution < 1.29 is 9.66 Å². The zero-order chi connectivity index (χ0) is 9.97. The van der Waals surface area contributed by atoms with E-state index in [1.54, 1.807) is 12.1 Å². The maximum absolute atomic E-state index is 10.6. The van der Waals surface area contributed by atoms with Gasteiger partial charge in [-0.1, -0.05) is 0 Å². The second kappa shape index (κ2) is 3.59. The second-order valence-electron chi connectivity index (χ2n) is 2.98. The average Bonchev–Trinajstić information content (AvgIpc) is 2.12. The number of ether oxygens (including phenoxy) is 1. The highest BCUT2D eigenvalue weighted by Crippen LogP contribution is 2.24. The molecule has 1 aromatic rings. The Balaban J connectivity index is 2.17. The van der Waals surface area contributed by atoms with Crippen molar-refractivity contribution in [3.05, 3.63) is 28.4 Å². The molecule has 1 aromatic heterocycles. The van der Waals surface area contributed by atoms with E-state index < -0.39 is 4.92 Å². The topological polar surface area (TPSA) is 77.3 Å². The summed E-state index contributed by atoms with van der Waals surface area (Å²) in [6.45, 7) is 1.46. The van der Waals surface area contributed by atoms with Gasteiger partial charge in [-0.15, -0.1) is 0 Å². The van der Waals surface area contributed by atoms with Gasteiger partial charge in [0.05, 0.1) is 0 Å². The van der Waals surface area contributed by atoms with Crippen LogP contribution in [-0.4, -0.2) is 29.1 Å². The predicted octanol–water partition coefficient (Wildman–Crippen LogP) is 0.340. The molecule has 0 amide bonds. The molecule has 0 atom stereocenters. The SMILES string of the molecule is O=[N+]([O-])c1ncccc1OC1CNC1. The number of rotatable bonds is 3. The lowest BCUT2D eigenvalue weighted by Crippen LogP contribution is -2.50. The number of nitrogens with one attached hydrogen (secondary N) is 1. The van der Waals surface area contributed by atoms with Crippen LogP contribution in [0.3, 0.4) is 0 Å². The lowest BCUT2D eigenvalue weighted by Gasteiger charge is -2.27. The Hall–Kier alpha value is -1.69. The summed E-state index contributed by atoms with van der Waals surface area (Å²) in [6.07, 6.45) is 1.40. The van der Waals surface area contributed by atoms with E-state index in [2.05, 4.69) is 10.3 Å². The standard InChI is InChI=1S/C8H9N3O3/c12-11(13)8-7(2-1-3-10-8)14-6-4-9-5-6/h1-3,6,9H,4-5H2. The van der Waals surface area contributed by atoms with E-state index in [1.165, 1.54) is 6.20 Å². The molecule has 0 bridgehead atoms. The van der Waals surface area contributed by atoms with Crippen LogP contribution >= 0.6 is 0 Å². The van der Waals surface area contributed by atoms with Crippen molar-refractivity contribution in [2.24, 2.45) is 0 Å². The first-order chi connectivity index (χ1) is 6.77. The number of pyridine rings is 1. The minimum absolute atomic E-state index is 0.0258. The summed E-state index contributed by atoms with van der Waals surface area (Å²) in [4.78, 5) is 13.7. The molecule has 14 heavy (non-hydrogen) atoms. The van der Waals surface area contributed by atoms with E-state index in [1.807, 2.05) is 0 Å². The van der Waals surface area contributed by atoms with Crippen LogP contribution in [0, 0.1) is 10.1 Å². The van der Waals surface area contributed by atoms with E-state index >= 15 is 0 Å². The van der Waals surface area contributed by atoms with Crippen molar-refractivity contribution in [3.8, 4) is 5.75 Å². The van der Waals surface area contributed by atoms with E-state index in [-0.39, 0.29) is 17.7 Å². The van der Waals surface area contributed by atoms with Gasteiger partial charge in [0, 0.05) is 13.1 Å². The van der Waals surface area contributed by atoms with Gasteiger partial charge in [0.1, 0.15) is 12.3 Å². The predicted molar refractivity (Wildman–Crippen MR) is 48.2 cm³/mol. The Morgan fingerprint density at radius 2 is 2.43 bits per heavy atom. The molecule has 1 saturated heterocycles. The maximum atomic E-state index is 10.6. The molecule has 1 aliphatic heterocycles. The normalized spacial score (nSPS) is 16.0. The van der Waals surface area contributed by atoms with Gasteiger partial charge < -0.3 is 20.2 Å². The van der Waals surface area contributed by atoms with Crippen molar-refractivity contribution >= 4 is 5.82 Å². The smallest absolute Gasteiger partial charge is 0.406 e. The minimum atomic E-state index is -0.540. The van der Waals surface area contributed by atoms with Crippen LogP contribution < -0.4 is 10.1 Å². The van der Waals surface area contributed by atoms with E-state index in [0.29, 0.717) is 0 Å². The summed E-state index contributed by atoms with van der Waals surface area (Å²) in [5.74, 6) is 0.0170. The van der Waals surface area contributed by atoms with Crippen LogP contribution in [0.25, 0.3) is 0 Å². The monoisotopic (exact) mass is 195 g/mol. The zero-order valence-corrected chi connectivity index (χ0v) is 7.34. The Morgan fingerprint density at radius 1 is 1.64 bits per heavy atom. The van der Waals surface area contributed by atoms with Gasteiger partial charge in [0.2, 0.25) is 5.75 Å². The molecule has 0 saturated carbocycles. The number of hydrogen-bond acceptors (Lipinski definition) is 5. The van der Waals surface area contributed by atoms with Gasteiger partial charge in [-0.25, -0.2) is 0 Å². The van der Waals surface area contributed by atoms with Crippen LogP contribution in [-0.2, 0) is 0 Å². The molecule has 0 aromatic carbocycles. The molecule has 74 valence electrons. The number of hydrogen-bond donors (Lipinski definition) is 1. The van der Waals surface area contributed by atoms with Gasteiger partial charge >= 0.3 is 5.82 Å². The molecular weight excluding hydrogens is 186 g/mol. The van der Waals surface area contributed by atoms with E-state index in [9.17, 15) is 10.1 Å². The molecule has 6 heteroatoms. The molecule has 6 nitrogen and oxygen atoms in total. The first kappa shape index (κ1) is 8.89. The summed E-state index contributed by atoms with van der Waals surface area (Å²) < 4.78 is 5.38. The third-order valence-corrected chi connectivity index (χ3v) is 1.96. The average molecular weight is 195 g/mol. The van der Waals surface area contributed by atoms with Crippen molar-refractivity contribution in [1.82, 2.24) is 10.3 Å². The summed E-state index contributed by atoms with van der Waals surface area (Å²) in [5.41, 5.74) is 0. The Bertz CT molecular complexity index is 351. The Morgan fingerprint density at radius 3 is 3.00 bits per heavy atom.